The molecule has 4 heterocycles. The predicted molar refractivity (Wildman–Crippen MR) is 131 cm³/mol. The zero-order chi connectivity index (χ0) is 25.1. The SMILES string of the molecule is O=[N+]([O-])c1ccc(-n2cnc3ccncc32)cc1.O=[N+]([O-])c1ccc(-n2cnc3cnccc32)cc1. The lowest BCUT2D eigenvalue weighted by Crippen LogP contribution is -1.93. The lowest BCUT2D eigenvalue weighted by molar-refractivity contribution is -0.385. The molecule has 36 heavy (non-hydrogen) atoms. The molecule has 6 rings (SSSR count). The lowest BCUT2D eigenvalue weighted by atomic mass is 10.3. The van der Waals surface area contributed by atoms with Crippen molar-refractivity contribution >= 4 is 33.4 Å². The first-order valence-electron chi connectivity index (χ1n) is 10.5. The Hall–Kier alpha value is -5.52. The second-order valence-corrected chi connectivity index (χ2v) is 7.50. The number of hydrogen-bond donors (Lipinski definition) is 0. The van der Waals surface area contributed by atoms with E-state index in [1.807, 2.05) is 21.3 Å². The number of benzene rings is 2. The van der Waals surface area contributed by atoms with E-state index in [1.165, 1.54) is 24.3 Å². The molecule has 0 atom stereocenters. The Morgan fingerprint density at radius 3 is 1.67 bits per heavy atom. The number of pyridine rings is 2. The van der Waals surface area contributed by atoms with E-state index < -0.39 is 9.85 Å². The number of fused-ring (bicyclic) bond motifs is 2. The van der Waals surface area contributed by atoms with Crippen molar-refractivity contribution in [3.8, 4) is 11.4 Å². The minimum atomic E-state index is -0.419. The molecule has 0 unspecified atom stereocenters. The van der Waals surface area contributed by atoms with E-state index in [9.17, 15) is 20.2 Å². The van der Waals surface area contributed by atoms with Gasteiger partial charge in [-0.15, -0.1) is 0 Å². The Bertz CT molecular complexity index is 1560. The van der Waals surface area contributed by atoms with Crippen LogP contribution >= 0.6 is 0 Å². The van der Waals surface area contributed by atoms with Gasteiger partial charge in [-0.1, -0.05) is 0 Å². The van der Waals surface area contributed by atoms with Gasteiger partial charge in [0.1, 0.15) is 18.2 Å². The molecule has 0 saturated heterocycles. The molecule has 0 N–H and O–H groups in total. The summed E-state index contributed by atoms with van der Waals surface area (Å²) in [5, 5.41) is 21.2. The first-order chi connectivity index (χ1) is 17.5. The summed E-state index contributed by atoms with van der Waals surface area (Å²) in [6.07, 6.45) is 10.1. The number of nitro benzene ring substituents is 2. The van der Waals surface area contributed by atoms with Crippen molar-refractivity contribution in [3.05, 3.63) is 118 Å². The Kier molecular flexibility index (Phi) is 5.81. The summed E-state index contributed by atoms with van der Waals surface area (Å²) in [6.45, 7) is 0. The van der Waals surface area contributed by atoms with Gasteiger partial charge in [0.25, 0.3) is 11.4 Å². The molecule has 0 aliphatic heterocycles. The third-order valence-electron chi connectivity index (χ3n) is 5.38. The molecule has 12 nitrogen and oxygen atoms in total. The van der Waals surface area contributed by atoms with Crippen molar-refractivity contribution < 1.29 is 9.85 Å². The van der Waals surface area contributed by atoms with E-state index in [0.717, 1.165) is 33.4 Å². The highest BCUT2D eigenvalue weighted by molar-refractivity contribution is 5.76. The second-order valence-electron chi connectivity index (χ2n) is 7.50. The summed E-state index contributed by atoms with van der Waals surface area (Å²) >= 11 is 0. The third-order valence-corrected chi connectivity index (χ3v) is 5.38. The Morgan fingerprint density at radius 1 is 0.583 bits per heavy atom. The van der Waals surface area contributed by atoms with Crippen LogP contribution in [0.1, 0.15) is 0 Å². The largest absolute Gasteiger partial charge is 0.299 e. The summed E-state index contributed by atoms with van der Waals surface area (Å²) in [5.74, 6) is 0. The van der Waals surface area contributed by atoms with Crippen LogP contribution < -0.4 is 0 Å². The van der Waals surface area contributed by atoms with E-state index in [4.69, 9.17) is 0 Å². The third kappa shape index (κ3) is 4.33. The molecule has 2 aromatic carbocycles. The molecule has 0 aliphatic rings. The van der Waals surface area contributed by atoms with Gasteiger partial charge in [0, 0.05) is 48.0 Å². The fraction of sp³-hybridized carbons (Fsp3) is 0. The van der Waals surface area contributed by atoms with Gasteiger partial charge < -0.3 is 0 Å². The highest BCUT2D eigenvalue weighted by Crippen LogP contribution is 2.21. The van der Waals surface area contributed by atoms with Crippen molar-refractivity contribution in [1.29, 1.82) is 0 Å². The highest BCUT2D eigenvalue weighted by atomic mass is 16.6. The summed E-state index contributed by atoms with van der Waals surface area (Å²) < 4.78 is 3.70. The molecule has 0 saturated carbocycles. The normalized spacial score (nSPS) is 10.7. The van der Waals surface area contributed by atoms with E-state index in [2.05, 4.69) is 19.9 Å². The molecule has 12 heteroatoms. The average Bonchev–Trinajstić information content (AvgIpc) is 3.54. The molecule has 4 aromatic heterocycles. The average molecular weight is 480 g/mol. The molecular formula is C24H16N8O4. The fourth-order valence-corrected chi connectivity index (χ4v) is 3.60. The van der Waals surface area contributed by atoms with Gasteiger partial charge in [-0.25, -0.2) is 9.97 Å². The van der Waals surface area contributed by atoms with Crippen LogP contribution in [0.4, 0.5) is 11.4 Å². The monoisotopic (exact) mass is 480 g/mol. The summed E-state index contributed by atoms with van der Waals surface area (Å²) in [7, 11) is 0. The zero-order valence-electron chi connectivity index (χ0n) is 18.4. The smallest absolute Gasteiger partial charge is 0.269 e. The van der Waals surface area contributed by atoms with Gasteiger partial charge in [-0.05, 0) is 36.4 Å². The molecule has 0 aliphatic carbocycles. The van der Waals surface area contributed by atoms with E-state index in [-0.39, 0.29) is 11.4 Å². The van der Waals surface area contributed by atoms with Gasteiger partial charge in [-0.3, -0.25) is 39.3 Å². The number of rotatable bonds is 4. The molecule has 176 valence electrons. The van der Waals surface area contributed by atoms with Crippen LogP contribution in [0.25, 0.3) is 33.4 Å². The standard InChI is InChI=1S/2C12H8N4O2/c17-16(18)10-3-1-9(2-4-10)15-8-14-11-7-13-6-5-12(11)15;17-16(18)10-3-1-9(2-4-10)15-8-14-11-5-6-13-7-12(11)15/h2*1-8H. The maximum atomic E-state index is 10.6. The summed E-state index contributed by atoms with van der Waals surface area (Å²) in [5.41, 5.74) is 5.20. The van der Waals surface area contributed by atoms with Gasteiger partial charge in [0.2, 0.25) is 0 Å². The molecule has 0 fully saturated rings. The fourth-order valence-electron chi connectivity index (χ4n) is 3.60. The number of imidazole rings is 2. The summed E-state index contributed by atoms with van der Waals surface area (Å²) in [4.78, 5) is 36.8. The Balaban J connectivity index is 0.000000148. The van der Waals surface area contributed by atoms with Gasteiger partial charge in [0.05, 0.1) is 38.8 Å². The van der Waals surface area contributed by atoms with Crippen molar-refractivity contribution in [3.63, 3.8) is 0 Å². The van der Waals surface area contributed by atoms with E-state index in [0.29, 0.717) is 0 Å². The van der Waals surface area contributed by atoms with Gasteiger partial charge in [-0.2, -0.15) is 0 Å². The Labute approximate surface area is 202 Å². The van der Waals surface area contributed by atoms with Crippen LogP contribution in [-0.2, 0) is 0 Å². The zero-order valence-corrected chi connectivity index (χ0v) is 18.4. The first-order valence-corrected chi connectivity index (χ1v) is 10.5. The number of nitrogens with zero attached hydrogens (tertiary/aromatic N) is 8. The van der Waals surface area contributed by atoms with E-state index in [1.54, 1.807) is 61.7 Å². The maximum Gasteiger partial charge on any atom is 0.269 e. The molecule has 0 amide bonds. The van der Waals surface area contributed by atoms with Crippen LogP contribution in [0, 0.1) is 20.2 Å². The topological polar surface area (TPSA) is 148 Å². The highest BCUT2D eigenvalue weighted by Gasteiger charge is 2.09. The van der Waals surface area contributed by atoms with Crippen molar-refractivity contribution in [1.82, 2.24) is 29.1 Å². The molecular weight excluding hydrogens is 464 g/mol. The van der Waals surface area contributed by atoms with Gasteiger partial charge in [0.15, 0.2) is 0 Å². The summed E-state index contributed by atoms with van der Waals surface area (Å²) in [6, 6.07) is 16.3. The second kappa shape index (κ2) is 9.38. The maximum absolute atomic E-state index is 10.6. The van der Waals surface area contributed by atoms with Crippen LogP contribution in [0.5, 0.6) is 0 Å². The van der Waals surface area contributed by atoms with Crippen LogP contribution in [0.2, 0.25) is 0 Å². The van der Waals surface area contributed by atoms with Crippen LogP contribution in [0.15, 0.2) is 98.1 Å². The van der Waals surface area contributed by atoms with E-state index >= 15 is 0 Å². The number of non-ortho nitro benzene ring substituents is 2. The van der Waals surface area contributed by atoms with Crippen molar-refractivity contribution in [2.75, 3.05) is 0 Å². The number of nitro groups is 2. The predicted octanol–water partition coefficient (Wildman–Crippen LogP) is 4.66. The molecule has 0 radical (unpaired) electrons. The molecule has 6 aromatic rings. The lowest BCUT2D eigenvalue weighted by Gasteiger charge is -2.03. The van der Waals surface area contributed by atoms with Gasteiger partial charge >= 0.3 is 0 Å². The minimum absolute atomic E-state index is 0.0706. The quantitative estimate of drug-likeness (QED) is 0.261. The number of aromatic nitrogens is 6. The number of hydrogen-bond acceptors (Lipinski definition) is 8. The first kappa shape index (κ1) is 22.3. The van der Waals surface area contributed by atoms with Crippen LogP contribution in [0.3, 0.4) is 0 Å². The molecule has 0 spiro atoms. The van der Waals surface area contributed by atoms with Crippen molar-refractivity contribution in [2.45, 2.75) is 0 Å². The van der Waals surface area contributed by atoms with Crippen LogP contribution in [-0.4, -0.2) is 38.9 Å². The Morgan fingerprint density at radius 2 is 1.08 bits per heavy atom. The van der Waals surface area contributed by atoms with Crippen molar-refractivity contribution in [2.24, 2.45) is 0 Å². The molecule has 0 bridgehead atoms. The minimum Gasteiger partial charge on any atom is -0.299 e.